The van der Waals surface area contributed by atoms with Crippen LogP contribution < -0.4 is 15.5 Å². The van der Waals surface area contributed by atoms with Crippen molar-refractivity contribution in [2.75, 3.05) is 44.7 Å². The highest BCUT2D eigenvalue weighted by Crippen LogP contribution is 2.36. The SMILES string of the molecule is CC1(C)CC(=O)C(C(=S)Nc2ccc(F)cc2)=C(NCC[NH+]2CCOCC2)C1. The Balaban J connectivity index is 1.72. The number of hydrogen-bond donors (Lipinski definition) is 3. The molecule has 1 heterocycles. The summed E-state index contributed by atoms with van der Waals surface area (Å²) in [7, 11) is 0. The molecule has 0 amide bonds. The Hall–Kier alpha value is -1.83. The largest absolute Gasteiger partial charge is 0.382 e. The fraction of sp³-hybridized carbons (Fsp3) is 0.524. The van der Waals surface area contributed by atoms with E-state index in [1.165, 1.54) is 17.0 Å². The third kappa shape index (κ3) is 5.59. The van der Waals surface area contributed by atoms with Gasteiger partial charge in [-0.3, -0.25) is 4.79 Å². The van der Waals surface area contributed by atoms with Crippen molar-refractivity contribution in [3.05, 3.63) is 41.4 Å². The predicted molar refractivity (Wildman–Crippen MR) is 112 cm³/mol. The molecule has 1 aromatic rings. The number of ether oxygens (including phenoxy) is 1. The van der Waals surface area contributed by atoms with Crippen molar-refractivity contribution >= 4 is 28.7 Å². The fourth-order valence-electron chi connectivity index (χ4n) is 3.76. The predicted octanol–water partition coefficient (Wildman–Crippen LogP) is 1.71. The molecule has 1 aromatic carbocycles. The molecule has 0 atom stereocenters. The number of ketones is 1. The number of halogens is 1. The minimum Gasteiger partial charge on any atom is -0.382 e. The van der Waals surface area contributed by atoms with Crippen LogP contribution in [0.3, 0.4) is 0 Å². The number of Topliss-reactive ketones (excluding diaryl/α,β-unsaturated/α-hetero) is 1. The van der Waals surface area contributed by atoms with Gasteiger partial charge in [0.15, 0.2) is 5.78 Å². The summed E-state index contributed by atoms with van der Waals surface area (Å²) >= 11 is 5.55. The molecular weight excluding hydrogens is 377 g/mol. The number of benzene rings is 1. The van der Waals surface area contributed by atoms with E-state index in [-0.39, 0.29) is 17.0 Å². The minimum absolute atomic E-state index is 0.0529. The molecule has 0 saturated carbocycles. The highest BCUT2D eigenvalue weighted by molar-refractivity contribution is 7.81. The normalized spacial score (nSPS) is 20.2. The third-order valence-electron chi connectivity index (χ3n) is 5.22. The highest BCUT2D eigenvalue weighted by Gasteiger charge is 2.34. The summed E-state index contributed by atoms with van der Waals surface area (Å²) in [5, 5.41) is 6.58. The second-order valence-electron chi connectivity index (χ2n) is 8.29. The van der Waals surface area contributed by atoms with E-state index in [4.69, 9.17) is 17.0 Å². The number of morpholine rings is 1. The molecule has 0 radical (unpaired) electrons. The minimum atomic E-state index is -0.306. The molecule has 3 rings (SSSR count). The van der Waals surface area contributed by atoms with Crippen LogP contribution >= 0.6 is 12.2 Å². The fourth-order valence-corrected chi connectivity index (χ4v) is 4.12. The lowest BCUT2D eigenvalue weighted by Crippen LogP contribution is -3.14. The van der Waals surface area contributed by atoms with Gasteiger partial charge in [-0.05, 0) is 36.1 Å². The molecule has 1 aliphatic carbocycles. The summed E-state index contributed by atoms with van der Waals surface area (Å²) < 4.78 is 18.5. The first-order valence-corrected chi connectivity index (χ1v) is 10.2. The summed E-state index contributed by atoms with van der Waals surface area (Å²) in [6, 6.07) is 5.98. The third-order valence-corrected chi connectivity index (χ3v) is 5.53. The van der Waals surface area contributed by atoms with E-state index in [2.05, 4.69) is 24.5 Å². The van der Waals surface area contributed by atoms with Crippen LogP contribution in [0.4, 0.5) is 10.1 Å². The van der Waals surface area contributed by atoms with Crippen molar-refractivity contribution in [1.82, 2.24) is 5.32 Å². The zero-order chi connectivity index (χ0) is 20.1. The first kappa shape index (κ1) is 20.9. The van der Waals surface area contributed by atoms with E-state index in [1.54, 1.807) is 12.1 Å². The van der Waals surface area contributed by atoms with E-state index < -0.39 is 0 Å². The molecular formula is C21H29FN3O2S+. The van der Waals surface area contributed by atoms with Crippen LogP contribution in [-0.2, 0) is 9.53 Å². The zero-order valence-corrected chi connectivity index (χ0v) is 17.4. The van der Waals surface area contributed by atoms with Gasteiger partial charge < -0.3 is 20.3 Å². The van der Waals surface area contributed by atoms with E-state index in [1.807, 2.05) is 0 Å². The first-order valence-electron chi connectivity index (χ1n) is 9.82. The summed E-state index contributed by atoms with van der Waals surface area (Å²) in [4.78, 5) is 14.8. The van der Waals surface area contributed by atoms with E-state index in [0.717, 1.165) is 51.5 Å². The van der Waals surface area contributed by atoms with Gasteiger partial charge in [0.25, 0.3) is 0 Å². The Morgan fingerprint density at radius 1 is 1.21 bits per heavy atom. The van der Waals surface area contributed by atoms with E-state index in [9.17, 15) is 9.18 Å². The zero-order valence-electron chi connectivity index (χ0n) is 16.6. The Morgan fingerprint density at radius 3 is 2.57 bits per heavy atom. The Labute approximate surface area is 171 Å². The van der Waals surface area contributed by atoms with Gasteiger partial charge in [0.05, 0.1) is 31.9 Å². The number of rotatable bonds is 6. The van der Waals surface area contributed by atoms with E-state index >= 15 is 0 Å². The van der Waals surface area contributed by atoms with Crippen molar-refractivity contribution in [3.8, 4) is 0 Å². The second-order valence-corrected chi connectivity index (χ2v) is 8.70. The van der Waals surface area contributed by atoms with Gasteiger partial charge in [-0.15, -0.1) is 0 Å². The quantitative estimate of drug-likeness (QED) is 0.628. The lowest BCUT2D eigenvalue weighted by Gasteiger charge is -2.33. The van der Waals surface area contributed by atoms with Crippen molar-refractivity contribution in [2.24, 2.45) is 5.41 Å². The number of quaternary nitrogens is 1. The highest BCUT2D eigenvalue weighted by atomic mass is 32.1. The van der Waals surface area contributed by atoms with Crippen LogP contribution in [0.1, 0.15) is 26.7 Å². The van der Waals surface area contributed by atoms with Crippen LogP contribution in [0.15, 0.2) is 35.5 Å². The number of thiocarbonyl (C=S) groups is 1. The van der Waals surface area contributed by atoms with Crippen LogP contribution in [0.25, 0.3) is 0 Å². The number of allylic oxidation sites excluding steroid dienone is 1. The molecule has 5 nitrogen and oxygen atoms in total. The summed E-state index contributed by atoms with van der Waals surface area (Å²) in [5.74, 6) is -0.253. The molecule has 3 N–H and O–H groups in total. The lowest BCUT2D eigenvalue weighted by molar-refractivity contribution is -0.906. The molecule has 1 saturated heterocycles. The molecule has 0 bridgehead atoms. The number of carbonyl (C=O) groups is 1. The molecule has 0 spiro atoms. The maximum Gasteiger partial charge on any atom is 0.168 e. The average molecular weight is 407 g/mol. The lowest BCUT2D eigenvalue weighted by atomic mass is 9.75. The monoisotopic (exact) mass is 406 g/mol. The molecule has 7 heteroatoms. The van der Waals surface area contributed by atoms with Crippen LogP contribution in [-0.4, -0.2) is 50.2 Å². The standard InChI is InChI=1S/C21H28FN3O2S/c1-21(2)13-17(23-7-8-25-9-11-27-12-10-25)19(18(26)14-21)20(28)24-16-5-3-15(22)4-6-16/h3-6,23H,7-14H2,1-2H3,(H,24,28)/p+1. The van der Waals surface area contributed by atoms with Gasteiger partial charge in [0.2, 0.25) is 0 Å². The summed E-state index contributed by atoms with van der Waals surface area (Å²) in [5.41, 5.74) is 2.05. The molecule has 1 fully saturated rings. The topological polar surface area (TPSA) is 54.8 Å². The molecule has 1 aliphatic heterocycles. The smallest absolute Gasteiger partial charge is 0.168 e. The van der Waals surface area contributed by atoms with Gasteiger partial charge in [-0.25, -0.2) is 4.39 Å². The number of hydrogen-bond acceptors (Lipinski definition) is 4. The van der Waals surface area contributed by atoms with Gasteiger partial charge in [0, 0.05) is 17.8 Å². The van der Waals surface area contributed by atoms with Gasteiger partial charge in [-0.1, -0.05) is 26.1 Å². The van der Waals surface area contributed by atoms with Crippen LogP contribution in [0.5, 0.6) is 0 Å². The number of anilines is 1. The Kier molecular flexibility index (Phi) is 6.80. The first-order chi connectivity index (χ1) is 13.3. The number of nitrogens with one attached hydrogen (secondary N) is 3. The summed E-state index contributed by atoms with van der Waals surface area (Å²) in [6.07, 6.45) is 1.24. The average Bonchev–Trinajstić information content (AvgIpc) is 2.63. The van der Waals surface area contributed by atoms with Gasteiger partial charge >= 0.3 is 0 Å². The number of carbonyl (C=O) groups excluding carboxylic acids is 1. The van der Waals surface area contributed by atoms with Crippen molar-refractivity contribution in [2.45, 2.75) is 26.7 Å². The second kappa shape index (κ2) is 9.11. The molecule has 28 heavy (non-hydrogen) atoms. The van der Waals surface area contributed by atoms with Crippen LogP contribution in [0, 0.1) is 11.2 Å². The molecule has 2 aliphatic rings. The van der Waals surface area contributed by atoms with Crippen molar-refractivity contribution in [1.29, 1.82) is 0 Å². The van der Waals surface area contributed by atoms with Crippen LogP contribution in [0.2, 0.25) is 0 Å². The summed E-state index contributed by atoms with van der Waals surface area (Å²) in [6.45, 7) is 9.62. The maximum atomic E-state index is 13.1. The molecule has 0 unspecified atom stereocenters. The molecule has 152 valence electrons. The van der Waals surface area contributed by atoms with Gasteiger partial charge in [-0.2, -0.15) is 0 Å². The molecule has 0 aromatic heterocycles. The maximum absolute atomic E-state index is 13.1. The van der Waals surface area contributed by atoms with E-state index in [0.29, 0.717) is 22.7 Å². The van der Waals surface area contributed by atoms with Crippen molar-refractivity contribution < 1.29 is 18.8 Å². The Bertz CT molecular complexity index is 755. The Morgan fingerprint density at radius 2 is 1.89 bits per heavy atom. The van der Waals surface area contributed by atoms with Crippen molar-refractivity contribution in [3.63, 3.8) is 0 Å². The van der Waals surface area contributed by atoms with Gasteiger partial charge in [0.1, 0.15) is 23.9 Å².